The third kappa shape index (κ3) is 5.25. The maximum atomic E-state index is 11.2. The lowest BCUT2D eigenvalue weighted by Crippen LogP contribution is -2.19. The molecule has 0 heterocycles. The van der Waals surface area contributed by atoms with Crippen molar-refractivity contribution < 1.29 is 14.8 Å². The minimum absolute atomic E-state index is 0.0125. The van der Waals surface area contributed by atoms with E-state index in [2.05, 4.69) is 6.92 Å². The molecule has 1 N–H and O–H groups in total. The van der Waals surface area contributed by atoms with E-state index in [0.29, 0.717) is 11.3 Å². The summed E-state index contributed by atoms with van der Waals surface area (Å²) in [6, 6.07) is 4.73. The van der Waals surface area contributed by atoms with E-state index in [1.807, 2.05) is 11.9 Å². The zero-order chi connectivity index (χ0) is 15.8. The quantitative estimate of drug-likeness (QED) is 0.344. The molecule has 1 aromatic rings. The van der Waals surface area contributed by atoms with Crippen molar-refractivity contribution in [2.75, 3.05) is 18.5 Å². The fourth-order valence-electron chi connectivity index (χ4n) is 2.00. The molecule has 0 radical (unpaired) electrons. The highest BCUT2D eigenvalue weighted by atomic mass is 16.6. The molecule has 0 saturated carbocycles. The Hall–Kier alpha value is -2.37. The van der Waals surface area contributed by atoms with Gasteiger partial charge in [0.05, 0.1) is 4.92 Å². The Morgan fingerprint density at radius 3 is 2.71 bits per heavy atom. The second-order valence-corrected chi connectivity index (χ2v) is 4.81. The van der Waals surface area contributed by atoms with Gasteiger partial charge in [-0.3, -0.25) is 10.1 Å². The maximum absolute atomic E-state index is 11.2. The SMILES string of the molecule is CCCCCN(C)c1ccc(/C=C/C(=O)O)cc1[N+](=O)[O-]. The summed E-state index contributed by atoms with van der Waals surface area (Å²) in [6.45, 7) is 2.85. The van der Waals surface area contributed by atoms with E-state index in [1.54, 1.807) is 12.1 Å². The number of unbranched alkanes of at least 4 members (excludes halogenated alkanes) is 2. The first-order valence-corrected chi connectivity index (χ1v) is 6.86. The van der Waals surface area contributed by atoms with Gasteiger partial charge in [0, 0.05) is 25.7 Å². The van der Waals surface area contributed by atoms with Crippen molar-refractivity contribution in [3.8, 4) is 0 Å². The number of nitro groups is 1. The number of hydrogen-bond acceptors (Lipinski definition) is 4. The van der Waals surface area contributed by atoms with Crippen LogP contribution >= 0.6 is 0 Å². The molecule has 0 fully saturated rings. The van der Waals surface area contributed by atoms with Crippen molar-refractivity contribution in [3.63, 3.8) is 0 Å². The molecule has 114 valence electrons. The predicted molar refractivity (Wildman–Crippen MR) is 82.6 cm³/mol. The molecule has 0 aliphatic heterocycles. The summed E-state index contributed by atoms with van der Waals surface area (Å²) in [4.78, 5) is 23.1. The number of benzene rings is 1. The van der Waals surface area contributed by atoms with Gasteiger partial charge < -0.3 is 10.0 Å². The minimum atomic E-state index is -1.08. The monoisotopic (exact) mass is 292 g/mol. The number of nitrogens with zero attached hydrogens (tertiary/aromatic N) is 2. The van der Waals surface area contributed by atoms with Gasteiger partial charge in [-0.05, 0) is 24.1 Å². The molecule has 0 saturated heterocycles. The molecule has 0 spiro atoms. The Labute approximate surface area is 123 Å². The third-order valence-corrected chi connectivity index (χ3v) is 3.12. The maximum Gasteiger partial charge on any atom is 0.328 e. The van der Waals surface area contributed by atoms with Gasteiger partial charge in [-0.15, -0.1) is 0 Å². The molecule has 0 atom stereocenters. The molecule has 0 bridgehead atoms. The van der Waals surface area contributed by atoms with Crippen molar-refractivity contribution in [1.82, 2.24) is 0 Å². The van der Waals surface area contributed by atoms with Crippen molar-refractivity contribution in [2.45, 2.75) is 26.2 Å². The van der Waals surface area contributed by atoms with Crippen molar-refractivity contribution in [3.05, 3.63) is 40.0 Å². The van der Waals surface area contributed by atoms with Gasteiger partial charge in [0.25, 0.3) is 5.69 Å². The molecule has 0 amide bonds. The first kappa shape index (κ1) is 16.7. The van der Waals surface area contributed by atoms with Crippen LogP contribution in [0.15, 0.2) is 24.3 Å². The summed E-state index contributed by atoms with van der Waals surface area (Å²) in [7, 11) is 1.82. The summed E-state index contributed by atoms with van der Waals surface area (Å²) in [5, 5.41) is 19.8. The second-order valence-electron chi connectivity index (χ2n) is 4.81. The number of anilines is 1. The van der Waals surface area contributed by atoms with E-state index in [1.165, 1.54) is 12.1 Å². The Morgan fingerprint density at radius 1 is 1.43 bits per heavy atom. The number of carbonyl (C=O) groups is 1. The Kier molecular flexibility index (Phi) is 6.39. The zero-order valence-corrected chi connectivity index (χ0v) is 12.3. The van der Waals surface area contributed by atoms with Gasteiger partial charge >= 0.3 is 5.97 Å². The highest BCUT2D eigenvalue weighted by Crippen LogP contribution is 2.29. The second kappa shape index (κ2) is 8.04. The zero-order valence-electron chi connectivity index (χ0n) is 12.3. The molecular weight excluding hydrogens is 272 g/mol. The van der Waals surface area contributed by atoms with E-state index >= 15 is 0 Å². The molecule has 0 aromatic heterocycles. The summed E-state index contributed by atoms with van der Waals surface area (Å²) in [5.74, 6) is -1.08. The smallest absolute Gasteiger partial charge is 0.328 e. The minimum Gasteiger partial charge on any atom is -0.478 e. The van der Waals surface area contributed by atoms with E-state index < -0.39 is 10.9 Å². The van der Waals surface area contributed by atoms with E-state index in [-0.39, 0.29) is 5.69 Å². The van der Waals surface area contributed by atoms with Gasteiger partial charge in [-0.2, -0.15) is 0 Å². The van der Waals surface area contributed by atoms with Crippen LogP contribution in [0.25, 0.3) is 6.08 Å². The van der Waals surface area contributed by atoms with Gasteiger partial charge in [0.1, 0.15) is 5.69 Å². The van der Waals surface area contributed by atoms with Crippen molar-refractivity contribution in [1.29, 1.82) is 0 Å². The van der Waals surface area contributed by atoms with E-state index in [0.717, 1.165) is 31.9 Å². The number of aliphatic carboxylic acids is 1. The highest BCUT2D eigenvalue weighted by Gasteiger charge is 2.17. The fraction of sp³-hybridized carbons (Fsp3) is 0.400. The third-order valence-electron chi connectivity index (χ3n) is 3.12. The first-order chi connectivity index (χ1) is 9.95. The van der Waals surface area contributed by atoms with E-state index in [4.69, 9.17) is 5.11 Å². The average molecular weight is 292 g/mol. The van der Waals surface area contributed by atoms with Crippen LogP contribution in [0.5, 0.6) is 0 Å². The molecule has 0 unspecified atom stereocenters. The van der Waals surface area contributed by atoms with Crippen LogP contribution < -0.4 is 4.90 Å². The topological polar surface area (TPSA) is 83.7 Å². The van der Waals surface area contributed by atoms with Crippen LogP contribution in [0.1, 0.15) is 31.7 Å². The lowest BCUT2D eigenvalue weighted by molar-refractivity contribution is -0.384. The summed E-state index contributed by atoms with van der Waals surface area (Å²) in [5.41, 5.74) is 1.03. The van der Waals surface area contributed by atoms with Gasteiger partial charge in [-0.1, -0.05) is 25.8 Å². The molecular formula is C15H20N2O4. The van der Waals surface area contributed by atoms with Crippen LogP contribution in [0.2, 0.25) is 0 Å². The lowest BCUT2D eigenvalue weighted by Gasteiger charge is -2.19. The lowest BCUT2D eigenvalue weighted by atomic mass is 10.1. The molecule has 1 rings (SSSR count). The number of rotatable bonds is 8. The van der Waals surface area contributed by atoms with Crippen molar-refractivity contribution >= 4 is 23.4 Å². The van der Waals surface area contributed by atoms with Crippen LogP contribution in [-0.4, -0.2) is 29.6 Å². The Bertz CT molecular complexity index is 540. The summed E-state index contributed by atoms with van der Waals surface area (Å²) in [6.07, 6.45) is 5.46. The highest BCUT2D eigenvalue weighted by molar-refractivity contribution is 5.85. The average Bonchev–Trinajstić information content (AvgIpc) is 2.44. The number of carboxylic acids is 1. The van der Waals surface area contributed by atoms with Crippen LogP contribution in [0.4, 0.5) is 11.4 Å². The molecule has 0 aliphatic rings. The summed E-state index contributed by atoms with van der Waals surface area (Å²) < 4.78 is 0. The van der Waals surface area contributed by atoms with Gasteiger partial charge in [-0.25, -0.2) is 4.79 Å². The number of carboxylic acid groups (broad SMARTS) is 1. The van der Waals surface area contributed by atoms with E-state index in [9.17, 15) is 14.9 Å². The number of hydrogen-bond donors (Lipinski definition) is 1. The van der Waals surface area contributed by atoms with Crippen molar-refractivity contribution in [2.24, 2.45) is 0 Å². The van der Waals surface area contributed by atoms with Crippen LogP contribution in [0.3, 0.4) is 0 Å². The predicted octanol–water partition coefficient (Wildman–Crippen LogP) is 3.32. The molecule has 1 aromatic carbocycles. The normalized spacial score (nSPS) is 10.8. The Morgan fingerprint density at radius 2 is 2.14 bits per heavy atom. The number of nitro benzene ring substituents is 1. The standard InChI is InChI=1S/C15H20N2O4/c1-3-4-5-10-16(2)13-8-6-12(7-9-15(18)19)11-14(13)17(20)21/h6-9,11H,3-5,10H2,1-2H3,(H,18,19)/b9-7+. The van der Waals surface area contributed by atoms with Crippen LogP contribution in [0, 0.1) is 10.1 Å². The molecule has 21 heavy (non-hydrogen) atoms. The summed E-state index contributed by atoms with van der Waals surface area (Å²) >= 11 is 0. The first-order valence-electron chi connectivity index (χ1n) is 6.86. The Balaban J connectivity index is 2.99. The van der Waals surface area contributed by atoms with Crippen LogP contribution in [-0.2, 0) is 4.79 Å². The van der Waals surface area contributed by atoms with Gasteiger partial charge in [0.15, 0.2) is 0 Å². The molecule has 6 heteroatoms. The molecule has 6 nitrogen and oxygen atoms in total. The fourth-order valence-corrected chi connectivity index (χ4v) is 2.00. The molecule has 0 aliphatic carbocycles. The van der Waals surface area contributed by atoms with Gasteiger partial charge in [0.2, 0.25) is 0 Å². The largest absolute Gasteiger partial charge is 0.478 e.